The number of hydrogen-bond donors (Lipinski definition) is 0. The van der Waals surface area contributed by atoms with E-state index in [9.17, 15) is 0 Å². The number of benzene rings is 2. The van der Waals surface area contributed by atoms with Crippen molar-refractivity contribution in [2.75, 3.05) is 0 Å². The Morgan fingerprint density at radius 3 is 1.64 bits per heavy atom. The summed E-state index contributed by atoms with van der Waals surface area (Å²) in [6.45, 7) is 4.28. The van der Waals surface area contributed by atoms with E-state index in [2.05, 4.69) is 55.2 Å². The van der Waals surface area contributed by atoms with E-state index in [1.807, 2.05) is 0 Å². The molecule has 0 amide bonds. The Hall–Kier alpha value is -1.26. The standard InChI is InChI=1S/C13H10P/c1-14-12-8-4-2-6-10(12)11-7-3-5-9-13(11)14/h2-9H,1H2. The maximum absolute atomic E-state index is 4.28. The van der Waals surface area contributed by atoms with Gasteiger partial charge in [0.1, 0.15) is 0 Å². The summed E-state index contributed by atoms with van der Waals surface area (Å²) >= 11 is 0. The zero-order valence-electron chi connectivity index (χ0n) is 7.77. The highest BCUT2D eigenvalue weighted by molar-refractivity contribution is 7.62. The molecule has 0 aliphatic rings. The molecule has 0 spiro atoms. The van der Waals surface area contributed by atoms with Crippen molar-refractivity contribution in [3.8, 4) is 0 Å². The van der Waals surface area contributed by atoms with Gasteiger partial charge < -0.3 is 0 Å². The highest BCUT2D eigenvalue weighted by Gasteiger charge is 2.05. The molecule has 1 radical (unpaired) electrons. The van der Waals surface area contributed by atoms with Crippen molar-refractivity contribution < 1.29 is 0 Å². The van der Waals surface area contributed by atoms with Crippen LogP contribution < -0.4 is 0 Å². The lowest BCUT2D eigenvalue weighted by atomic mass is 10.2. The van der Waals surface area contributed by atoms with Gasteiger partial charge in [0.25, 0.3) is 0 Å². The summed E-state index contributed by atoms with van der Waals surface area (Å²) in [6, 6.07) is 17.2. The molecular weight excluding hydrogens is 187 g/mol. The minimum atomic E-state index is -0.347. The van der Waals surface area contributed by atoms with Gasteiger partial charge >= 0.3 is 0 Å². The highest BCUT2D eigenvalue weighted by Crippen LogP contribution is 2.47. The first kappa shape index (κ1) is 8.08. The minimum Gasteiger partial charge on any atom is -0.108 e. The van der Waals surface area contributed by atoms with Crippen LogP contribution in [0.25, 0.3) is 21.0 Å². The molecule has 1 heteroatoms. The molecule has 0 fully saturated rings. The largest absolute Gasteiger partial charge is 0.108 e. The molecule has 0 N–H and O–H groups in total. The molecular formula is C13H10P. The van der Waals surface area contributed by atoms with Crippen LogP contribution in [-0.2, 0) is 0 Å². The van der Waals surface area contributed by atoms with Crippen LogP contribution >= 0.6 is 7.53 Å². The predicted molar refractivity (Wildman–Crippen MR) is 64.9 cm³/mol. The molecule has 3 aromatic rings. The molecule has 0 saturated carbocycles. The summed E-state index contributed by atoms with van der Waals surface area (Å²) in [5, 5.41) is 5.60. The van der Waals surface area contributed by atoms with Crippen molar-refractivity contribution in [3.63, 3.8) is 0 Å². The van der Waals surface area contributed by atoms with Crippen LogP contribution in [0.1, 0.15) is 0 Å². The number of hydrogen-bond acceptors (Lipinski definition) is 0. The third-order valence-corrected chi connectivity index (χ3v) is 4.62. The predicted octanol–water partition coefficient (Wildman–Crippen LogP) is 4.62. The van der Waals surface area contributed by atoms with Gasteiger partial charge in [0.2, 0.25) is 0 Å². The van der Waals surface area contributed by atoms with E-state index in [1.165, 1.54) is 21.0 Å². The average molecular weight is 197 g/mol. The second kappa shape index (κ2) is 2.87. The van der Waals surface area contributed by atoms with Crippen LogP contribution in [0.15, 0.2) is 48.5 Å². The molecule has 1 heterocycles. The van der Waals surface area contributed by atoms with Gasteiger partial charge in [0.15, 0.2) is 0 Å². The van der Waals surface area contributed by atoms with E-state index in [-0.39, 0.29) is 7.53 Å². The van der Waals surface area contributed by atoms with Crippen molar-refractivity contribution >= 4 is 28.5 Å². The summed E-state index contributed by atoms with van der Waals surface area (Å²) in [5.41, 5.74) is 0. The third-order valence-electron chi connectivity index (χ3n) is 2.68. The Morgan fingerprint density at radius 2 is 1.14 bits per heavy atom. The Balaban J connectivity index is 2.69. The lowest BCUT2D eigenvalue weighted by Gasteiger charge is -1.90. The molecule has 3 rings (SSSR count). The highest BCUT2D eigenvalue weighted by atomic mass is 31.1. The van der Waals surface area contributed by atoms with Crippen LogP contribution in [0.5, 0.6) is 0 Å². The Kier molecular flexibility index (Phi) is 1.65. The Morgan fingerprint density at radius 1 is 0.714 bits per heavy atom. The van der Waals surface area contributed by atoms with Gasteiger partial charge in [-0.05, 0) is 17.4 Å². The molecule has 0 aliphatic carbocycles. The van der Waals surface area contributed by atoms with Gasteiger partial charge in [-0.15, -0.1) is 7.53 Å². The lowest BCUT2D eigenvalue weighted by Crippen LogP contribution is -1.62. The second-order valence-corrected chi connectivity index (χ2v) is 5.28. The van der Waals surface area contributed by atoms with Crippen LogP contribution in [0.3, 0.4) is 0 Å². The van der Waals surface area contributed by atoms with Gasteiger partial charge in [0, 0.05) is 10.2 Å². The first-order valence-corrected chi connectivity index (χ1v) is 6.20. The molecule has 14 heavy (non-hydrogen) atoms. The maximum atomic E-state index is 4.28. The van der Waals surface area contributed by atoms with E-state index in [0.29, 0.717) is 0 Å². The van der Waals surface area contributed by atoms with Gasteiger partial charge in [-0.1, -0.05) is 48.5 Å². The van der Waals surface area contributed by atoms with Gasteiger partial charge in [-0.3, -0.25) is 0 Å². The molecule has 0 atom stereocenters. The fourth-order valence-electron chi connectivity index (χ4n) is 2.00. The van der Waals surface area contributed by atoms with Crippen molar-refractivity contribution in [3.05, 3.63) is 55.2 Å². The van der Waals surface area contributed by atoms with Crippen molar-refractivity contribution in [2.45, 2.75) is 0 Å². The number of rotatable bonds is 0. The Labute approximate surface area is 84.2 Å². The molecule has 1 aromatic heterocycles. The van der Waals surface area contributed by atoms with Gasteiger partial charge in [0.05, 0.1) is 0 Å². The number of fused-ring (bicyclic) bond motifs is 3. The molecule has 2 aromatic carbocycles. The Bertz CT molecular complexity index is 551. The fourth-order valence-corrected chi connectivity index (χ4v) is 3.77. The average Bonchev–Trinajstić information content (AvgIpc) is 2.55. The normalized spacial score (nSPS) is 11.2. The van der Waals surface area contributed by atoms with E-state index in [0.717, 1.165) is 0 Å². The summed E-state index contributed by atoms with van der Waals surface area (Å²) in [6.07, 6.45) is 0. The third kappa shape index (κ3) is 0.951. The summed E-state index contributed by atoms with van der Waals surface area (Å²) < 4.78 is 0. The summed E-state index contributed by atoms with van der Waals surface area (Å²) in [4.78, 5) is 0. The smallest absolute Gasteiger partial charge is 0.00240 e. The molecule has 0 bridgehead atoms. The topological polar surface area (TPSA) is 0 Å². The molecule has 67 valence electrons. The molecule has 0 nitrogen and oxygen atoms in total. The van der Waals surface area contributed by atoms with Crippen molar-refractivity contribution in [1.82, 2.24) is 0 Å². The van der Waals surface area contributed by atoms with Gasteiger partial charge in [-0.2, -0.15) is 0 Å². The first-order valence-electron chi connectivity index (χ1n) is 4.67. The fraction of sp³-hybridized carbons (Fsp3) is 0. The van der Waals surface area contributed by atoms with Crippen LogP contribution in [0, 0.1) is 6.66 Å². The van der Waals surface area contributed by atoms with E-state index < -0.39 is 0 Å². The quantitative estimate of drug-likeness (QED) is 0.493. The lowest BCUT2D eigenvalue weighted by molar-refractivity contribution is 1.84. The molecule has 0 saturated heterocycles. The van der Waals surface area contributed by atoms with Gasteiger partial charge in [-0.25, -0.2) is 0 Å². The van der Waals surface area contributed by atoms with Crippen LogP contribution in [-0.4, -0.2) is 0 Å². The SMILES string of the molecule is [CH2]p1c2ccccc2c2ccccc21. The van der Waals surface area contributed by atoms with E-state index in [1.54, 1.807) is 0 Å². The van der Waals surface area contributed by atoms with E-state index in [4.69, 9.17) is 0 Å². The summed E-state index contributed by atoms with van der Waals surface area (Å²) in [5.74, 6) is 0. The zero-order chi connectivity index (χ0) is 9.54. The first-order chi connectivity index (χ1) is 6.88. The van der Waals surface area contributed by atoms with Crippen molar-refractivity contribution in [1.29, 1.82) is 0 Å². The molecule has 0 aliphatic heterocycles. The summed E-state index contributed by atoms with van der Waals surface area (Å²) in [7, 11) is -0.347. The maximum Gasteiger partial charge on any atom is 0.00240 e. The zero-order valence-corrected chi connectivity index (χ0v) is 8.67. The monoisotopic (exact) mass is 197 g/mol. The molecule has 0 unspecified atom stereocenters. The minimum absolute atomic E-state index is 0.347. The van der Waals surface area contributed by atoms with Crippen molar-refractivity contribution in [2.24, 2.45) is 0 Å². The van der Waals surface area contributed by atoms with Crippen LogP contribution in [0.4, 0.5) is 0 Å². The second-order valence-electron chi connectivity index (χ2n) is 3.46. The van der Waals surface area contributed by atoms with E-state index >= 15 is 0 Å². The van der Waals surface area contributed by atoms with Crippen LogP contribution in [0.2, 0.25) is 0 Å².